The minimum Gasteiger partial charge on any atom is -0.467 e. The van der Waals surface area contributed by atoms with E-state index in [0.717, 1.165) is 10.9 Å². The Balaban J connectivity index is 1.71. The Morgan fingerprint density at radius 2 is 1.69 bits per heavy atom. The van der Waals surface area contributed by atoms with Gasteiger partial charge in [0.15, 0.2) is 0 Å². The average molecular weight is 608 g/mol. The number of amides is 1. The van der Waals surface area contributed by atoms with Crippen LogP contribution in [-0.2, 0) is 29.7 Å². The van der Waals surface area contributed by atoms with Crippen molar-refractivity contribution >= 4 is 50.3 Å². The second-order valence-electron chi connectivity index (χ2n) is 11.5. The van der Waals surface area contributed by atoms with Gasteiger partial charge in [0.25, 0.3) is 10.0 Å². The van der Waals surface area contributed by atoms with Crippen molar-refractivity contribution in [2.45, 2.75) is 55.3 Å². The van der Waals surface area contributed by atoms with Gasteiger partial charge in [-0.05, 0) is 74.7 Å². The molecule has 0 spiro atoms. The lowest BCUT2D eigenvalue weighted by atomic mass is 9.72. The number of likely N-dealkylation sites (tertiary alicyclic amines) is 1. The molecular weight excluding hydrogens is 578 g/mol. The number of hydrogen-bond donors (Lipinski definition) is 1. The highest BCUT2D eigenvalue weighted by molar-refractivity contribution is 7.92. The molecule has 4 aromatic rings. The SMILES string of the molecule is COC(=O)[C@@H]1C[C@]2(c3c[nH]c4ccc(Cl)cc34)c3ccccc3N(S(=O)(=O)c3ccccc3)[C@@H]2N1C(=O)OC(C)(C)C. The van der Waals surface area contributed by atoms with Crippen molar-refractivity contribution in [1.29, 1.82) is 0 Å². The maximum absolute atomic E-state index is 14.6. The van der Waals surface area contributed by atoms with Gasteiger partial charge >= 0.3 is 12.1 Å². The lowest BCUT2D eigenvalue weighted by Crippen LogP contribution is -2.57. The topological polar surface area (TPSA) is 109 Å². The largest absolute Gasteiger partial charge is 0.467 e. The monoisotopic (exact) mass is 607 g/mol. The molecule has 1 N–H and O–H groups in total. The summed E-state index contributed by atoms with van der Waals surface area (Å²) in [6.07, 6.45) is -0.197. The lowest BCUT2D eigenvalue weighted by molar-refractivity contribution is -0.146. The highest BCUT2D eigenvalue weighted by Crippen LogP contribution is 2.60. The Kier molecular flexibility index (Phi) is 6.54. The van der Waals surface area contributed by atoms with Crippen LogP contribution in [0.4, 0.5) is 10.5 Å². The molecule has 0 unspecified atom stereocenters. The van der Waals surface area contributed by atoms with Crippen molar-refractivity contribution in [3.8, 4) is 0 Å². The highest BCUT2D eigenvalue weighted by atomic mass is 35.5. The zero-order valence-electron chi connectivity index (χ0n) is 23.5. The molecule has 3 aromatic carbocycles. The summed E-state index contributed by atoms with van der Waals surface area (Å²) in [5.74, 6) is -0.679. The van der Waals surface area contributed by atoms with Crippen LogP contribution in [-0.4, -0.2) is 55.3 Å². The first-order valence-corrected chi connectivity index (χ1v) is 15.3. The molecule has 1 saturated heterocycles. The van der Waals surface area contributed by atoms with Gasteiger partial charge in [-0.25, -0.2) is 22.3 Å². The fourth-order valence-electron chi connectivity index (χ4n) is 6.35. The molecule has 0 bridgehead atoms. The van der Waals surface area contributed by atoms with E-state index < -0.39 is 45.3 Å². The number of carbonyl (C=O) groups excluding carboxylic acids is 2. The van der Waals surface area contributed by atoms with Crippen LogP contribution in [0.5, 0.6) is 0 Å². The molecule has 1 amide bonds. The molecule has 1 aromatic heterocycles. The molecule has 0 saturated carbocycles. The maximum Gasteiger partial charge on any atom is 0.412 e. The number of rotatable bonds is 4. The van der Waals surface area contributed by atoms with E-state index >= 15 is 0 Å². The number of anilines is 1. The van der Waals surface area contributed by atoms with Gasteiger partial charge < -0.3 is 14.5 Å². The molecule has 6 rings (SSSR count). The Labute approximate surface area is 249 Å². The van der Waals surface area contributed by atoms with Crippen LogP contribution in [0.2, 0.25) is 5.02 Å². The smallest absolute Gasteiger partial charge is 0.412 e. The molecule has 3 atom stereocenters. The van der Waals surface area contributed by atoms with Gasteiger partial charge in [0, 0.05) is 22.1 Å². The fourth-order valence-corrected chi connectivity index (χ4v) is 8.21. The lowest BCUT2D eigenvalue weighted by Gasteiger charge is -2.38. The Morgan fingerprint density at radius 1 is 1.00 bits per heavy atom. The van der Waals surface area contributed by atoms with Crippen molar-refractivity contribution in [3.05, 3.63) is 95.1 Å². The number of para-hydroxylation sites is 1. The molecule has 2 aliphatic heterocycles. The van der Waals surface area contributed by atoms with E-state index in [2.05, 4.69) is 4.98 Å². The quantitative estimate of drug-likeness (QED) is 0.293. The normalized spacial score (nSPS) is 21.7. The van der Waals surface area contributed by atoms with E-state index in [1.54, 1.807) is 69.4 Å². The van der Waals surface area contributed by atoms with E-state index in [0.29, 0.717) is 21.8 Å². The Morgan fingerprint density at radius 3 is 2.38 bits per heavy atom. The number of carbonyl (C=O) groups is 2. The third kappa shape index (κ3) is 4.15. The number of aromatic nitrogens is 1. The number of esters is 1. The second kappa shape index (κ2) is 9.78. The van der Waals surface area contributed by atoms with E-state index in [1.165, 1.54) is 28.4 Å². The molecule has 0 aliphatic carbocycles. The number of halogens is 1. The molecule has 3 heterocycles. The third-order valence-electron chi connectivity index (χ3n) is 7.90. The first kappa shape index (κ1) is 28.1. The first-order chi connectivity index (χ1) is 19.9. The minimum atomic E-state index is -4.27. The van der Waals surface area contributed by atoms with E-state index in [4.69, 9.17) is 21.1 Å². The van der Waals surface area contributed by atoms with Gasteiger partial charge in [0.2, 0.25) is 0 Å². The number of hydrogen-bond acceptors (Lipinski definition) is 6. The molecule has 9 nitrogen and oxygen atoms in total. The number of benzene rings is 3. The molecule has 42 heavy (non-hydrogen) atoms. The first-order valence-electron chi connectivity index (χ1n) is 13.5. The van der Waals surface area contributed by atoms with Crippen LogP contribution >= 0.6 is 11.6 Å². The predicted octanol–water partition coefficient (Wildman–Crippen LogP) is 5.82. The molecular formula is C31H30ClN3O6S. The number of ether oxygens (including phenoxy) is 2. The third-order valence-corrected chi connectivity index (χ3v) is 9.92. The number of fused-ring (bicyclic) bond motifs is 4. The van der Waals surface area contributed by atoms with Gasteiger partial charge in [-0.2, -0.15) is 0 Å². The van der Waals surface area contributed by atoms with Crippen LogP contribution in [0.1, 0.15) is 38.3 Å². The molecule has 218 valence electrons. The van der Waals surface area contributed by atoms with Gasteiger partial charge in [-0.1, -0.05) is 48.0 Å². The van der Waals surface area contributed by atoms with Crippen molar-refractivity contribution in [3.63, 3.8) is 0 Å². The molecule has 1 fully saturated rings. The summed E-state index contributed by atoms with van der Waals surface area (Å²) in [6, 6.07) is 19.4. The van der Waals surface area contributed by atoms with Gasteiger partial charge in [-0.15, -0.1) is 0 Å². The van der Waals surface area contributed by atoms with Crippen molar-refractivity contribution < 1.29 is 27.5 Å². The number of aromatic amines is 1. The van der Waals surface area contributed by atoms with Crippen LogP contribution in [0, 0.1) is 0 Å². The molecule has 0 radical (unpaired) electrons. The summed E-state index contributed by atoms with van der Waals surface area (Å²) in [4.78, 5) is 32.1. The van der Waals surface area contributed by atoms with Gasteiger partial charge in [0.1, 0.15) is 17.8 Å². The van der Waals surface area contributed by atoms with Crippen molar-refractivity contribution in [2.75, 3.05) is 11.4 Å². The summed E-state index contributed by atoms with van der Waals surface area (Å²) >= 11 is 6.45. The average Bonchev–Trinajstić information content (AvgIpc) is 3.60. The Bertz CT molecular complexity index is 1820. The summed E-state index contributed by atoms with van der Waals surface area (Å²) in [6.45, 7) is 5.14. The number of methoxy groups -OCH3 is 1. The summed E-state index contributed by atoms with van der Waals surface area (Å²) in [5.41, 5.74) is 0.399. The molecule has 2 aliphatic rings. The summed E-state index contributed by atoms with van der Waals surface area (Å²) < 4.78 is 41.4. The van der Waals surface area contributed by atoms with Crippen LogP contribution in [0.25, 0.3) is 10.9 Å². The van der Waals surface area contributed by atoms with Crippen LogP contribution in [0.3, 0.4) is 0 Å². The zero-order chi connectivity index (χ0) is 30.0. The highest BCUT2D eigenvalue weighted by Gasteiger charge is 2.68. The number of nitrogens with one attached hydrogen (secondary N) is 1. The number of sulfonamides is 1. The van der Waals surface area contributed by atoms with Gasteiger partial charge in [-0.3, -0.25) is 4.90 Å². The van der Waals surface area contributed by atoms with E-state index in [9.17, 15) is 18.0 Å². The van der Waals surface area contributed by atoms with Crippen LogP contribution in [0.15, 0.2) is 83.9 Å². The van der Waals surface area contributed by atoms with E-state index in [1.807, 2.05) is 18.2 Å². The van der Waals surface area contributed by atoms with Gasteiger partial charge in [0.05, 0.1) is 23.1 Å². The van der Waals surface area contributed by atoms with Crippen molar-refractivity contribution in [1.82, 2.24) is 9.88 Å². The standard InChI is InChI=1S/C31H30ClN3O6S/c1-30(2,3)41-29(37)34-26(27(36)40-4)17-31(23-18-33-24-15-14-19(32)16-21(23)24)22-12-8-9-13-25(22)35(28(31)34)42(38,39)20-10-6-5-7-11-20/h5-16,18,26,28,33H,17H2,1-4H3/t26-,28-,31+/m0/s1. The second-order valence-corrected chi connectivity index (χ2v) is 13.8. The Hall–Kier alpha value is -4.02. The maximum atomic E-state index is 14.6. The molecule has 11 heteroatoms. The summed E-state index contributed by atoms with van der Waals surface area (Å²) in [5, 5.41) is 1.23. The van der Waals surface area contributed by atoms with Crippen LogP contribution < -0.4 is 4.31 Å². The van der Waals surface area contributed by atoms with E-state index in [-0.39, 0.29) is 11.3 Å². The number of H-pyrrole nitrogens is 1. The zero-order valence-corrected chi connectivity index (χ0v) is 25.1. The van der Waals surface area contributed by atoms with Crippen molar-refractivity contribution in [2.24, 2.45) is 0 Å². The minimum absolute atomic E-state index is 0.0425. The fraction of sp³-hybridized carbons (Fsp3) is 0.290. The summed E-state index contributed by atoms with van der Waals surface area (Å²) in [7, 11) is -3.02. The predicted molar refractivity (Wildman–Crippen MR) is 159 cm³/mol. The number of nitrogens with zero attached hydrogens (tertiary/aromatic N) is 2.